The number of nitrogens with one attached hydrogen (secondary N) is 1. The number of hydrogen-bond acceptors (Lipinski definition) is 3. The third-order valence-electron chi connectivity index (χ3n) is 6.79. The second kappa shape index (κ2) is 7.59. The van der Waals surface area contributed by atoms with Crippen LogP contribution in [0.5, 0.6) is 0 Å². The second-order valence-corrected chi connectivity index (χ2v) is 8.40. The molecular weight excluding hydrogens is 322 g/mol. The van der Waals surface area contributed by atoms with Crippen molar-refractivity contribution in [1.82, 2.24) is 10.2 Å². The lowest BCUT2D eigenvalue weighted by Crippen LogP contribution is -2.58. The minimum atomic E-state index is -0.353. The van der Waals surface area contributed by atoms with E-state index in [1.165, 1.54) is 44.2 Å². The largest absolute Gasteiger partial charge is 0.336 e. The fourth-order valence-corrected chi connectivity index (χ4v) is 5.41. The predicted octanol–water partition coefficient (Wildman–Crippen LogP) is 3.77. The third-order valence-corrected chi connectivity index (χ3v) is 6.79. The van der Waals surface area contributed by atoms with E-state index in [1.807, 2.05) is 0 Å². The Labute approximate surface area is 157 Å². The number of para-hydroxylation sites is 1. The first kappa shape index (κ1) is 17.8. The highest BCUT2D eigenvalue weighted by Gasteiger charge is 2.55. The zero-order valence-electron chi connectivity index (χ0n) is 16.1. The monoisotopic (exact) mass is 355 g/mol. The fraction of sp³-hybridized carbons (Fsp3) is 0.682. The van der Waals surface area contributed by atoms with Gasteiger partial charge in [0.1, 0.15) is 11.7 Å². The van der Waals surface area contributed by atoms with Crippen molar-refractivity contribution in [2.24, 2.45) is 5.92 Å². The number of amides is 1. The fourth-order valence-electron chi connectivity index (χ4n) is 5.41. The van der Waals surface area contributed by atoms with Gasteiger partial charge >= 0.3 is 0 Å². The zero-order chi connectivity index (χ0) is 18.0. The Morgan fingerprint density at radius 3 is 2.42 bits per heavy atom. The van der Waals surface area contributed by atoms with E-state index in [2.05, 4.69) is 52.4 Å². The van der Waals surface area contributed by atoms with Gasteiger partial charge in [0.2, 0.25) is 5.91 Å². The minimum absolute atomic E-state index is 0.169. The van der Waals surface area contributed by atoms with Gasteiger partial charge in [-0.05, 0) is 56.7 Å². The Morgan fingerprint density at radius 2 is 1.77 bits per heavy atom. The molecule has 2 heterocycles. The number of rotatable bonds is 4. The second-order valence-electron chi connectivity index (χ2n) is 8.40. The molecule has 1 unspecified atom stereocenters. The van der Waals surface area contributed by atoms with E-state index in [0.29, 0.717) is 5.92 Å². The Morgan fingerprint density at radius 1 is 1.08 bits per heavy atom. The molecule has 1 spiro atoms. The molecule has 1 aliphatic carbocycles. The summed E-state index contributed by atoms with van der Waals surface area (Å²) in [6, 6.07) is 10.7. The van der Waals surface area contributed by atoms with Gasteiger partial charge in [-0.2, -0.15) is 0 Å². The van der Waals surface area contributed by atoms with Crippen molar-refractivity contribution in [1.29, 1.82) is 0 Å². The first-order valence-corrected chi connectivity index (χ1v) is 10.6. The lowest BCUT2D eigenvalue weighted by atomic mass is 9.83. The highest BCUT2D eigenvalue weighted by atomic mass is 16.2. The van der Waals surface area contributed by atoms with E-state index >= 15 is 0 Å². The predicted molar refractivity (Wildman–Crippen MR) is 106 cm³/mol. The van der Waals surface area contributed by atoms with E-state index in [4.69, 9.17) is 0 Å². The number of likely N-dealkylation sites (tertiary alicyclic amines) is 1. The zero-order valence-corrected chi connectivity index (χ0v) is 16.1. The van der Waals surface area contributed by atoms with Crippen LogP contribution in [-0.4, -0.2) is 42.1 Å². The Hall–Kier alpha value is -1.55. The van der Waals surface area contributed by atoms with Gasteiger partial charge in [-0.15, -0.1) is 0 Å². The molecule has 3 aliphatic rings. The lowest BCUT2D eigenvalue weighted by molar-refractivity contribution is -0.125. The minimum Gasteiger partial charge on any atom is -0.336 e. The van der Waals surface area contributed by atoms with Crippen LogP contribution in [-0.2, 0) is 4.79 Å². The number of hydrogen-bond donors (Lipinski definition) is 1. The molecule has 0 radical (unpaired) electrons. The van der Waals surface area contributed by atoms with E-state index < -0.39 is 0 Å². The maximum atomic E-state index is 13.3. The summed E-state index contributed by atoms with van der Waals surface area (Å²) >= 11 is 0. The number of piperidine rings is 1. The van der Waals surface area contributed by atoms with Crippen molar-refractivity contribution < 1.29 is 4.79 Å². The summed E-state index contributed by atoms with van der Waals surface area (Å²) in [6.45, 7) is 5.45. The molecule has 1 aromatic rings. The highest BCUT2D eigenvalue weighted by molar-refractivity contribution is 5.94. The number of carbonyl (C=O) groups is 1. The molecule has 1 atom stereocenters. The molecule has 1 aromatic carbocycles. The van der Waals surface area contributed by atoms with Gasteiger partial charge in [0.15, 0.2) is 0 Å². The van der Waals surface area contributed by atoms with E-state index in [0.717, 1.165) is 32.5 Å². The third kappa shape index (κ3) is 3.13. The van der Waals surface area contributed by atoms with Gasteiger partial charge in [0, 0.05) is 18.8 Å². The number of carbonyl (C=O) groups excluding carboxylic acids is 1. The SMILES string of the molecule is CCCN1CCC2(CC1)C(=O)NC(C1CCCCC1)N2c1ccccc1. The first-order chi connectivity index (χ1) is 12.7. The Kier molecular flexibility index (Phi) is 5.21. The van der Waals surface area contributed by atoms with E-state index in [-0.39, 0.29) is 17.6 Å². The van der Waals surface area contributed by atoms with Crippen LogP contribution in [0.1, 0.15) is 58.3 Å². The van der Waals surface area contributed by atoms with Gasteiger partial charge in [0.25, 0.3) is 0 Å². The van der Waals surface area contributed by atoms with Crippen LogP contribution >= 0.6 is 0 Å². The number of nitrogens with zero attached hydrogens (tertiary/aromatic N) is 2. The van der Waals surface area contributed by atoms with Crippen molar-refractivity contribution in [3.63, 3.8) is 0 Å². The molecule has 1 N–H and O–H groups in total. The van der Waals surface area contributed by atoms with Crippen LogP contribution in [0.15, 0.2) is 30.3 Å². The van der Waals surface area contributed by atoms with Crippen LogP contribution in [0.4, 0.5) is 5.69 Å². The maximum absolute atomic E-state index is 13.3. The Balaban J connectivity index is 1.64. The van der Waals surface area contributed by atoms with Crippen molar-refractivity contribution in [3.8, 4) is 0 Å². The van der Waals surface area contributed by atoms with Crippen molar-refractivity contribution in [2.45, 2.75) is 70.0 Å². The first-order valence-electron chi connectivity index (χ1n) is 10.6. The topological polar surface area (TPSA) is 35.6 Å². The van der Waals surface area contributed by atoms with Gasteiger partial charge in [0.05, 0.1) is 0 Å². The smallest absolute Gasteiger partial charge is 0.247 e. The summed E-state index contributed by atoms with van der Waals surface area (Å²) in [7, 11) is 0. The molecule has 4 nitrogen and oxygen atoms in total. The molecular formula is C22H33N3O. The molecule has 3 fully saturated rings. The molecule has 4 rings (SSSR count). The van der Waals surface area contributed by atoms with Crippen molar-refractivity contribution in [2.75, 3.05) is 24.5 Å². The quantitative estimate of drug-likeness (QED) is 0.893. The molecule has 1 saturated carbocycles. The molecule has 1 amide bonds. The molecule has 0 bridgehead atoms. The standard InChI is InChI=1S/C22H33N3O/c1-2-15-24-16-13-22(14-17-24)21(26)23-20(18-9-5-3-6-10-18)25(22)19-11-7-4-8-12-19/h4,7-8,11-12,18,20H,2-3,5-6,9-10,13-17H2,1H3,(H,23,26). The van der Waals surface area contributed by atoms with Crippen LogP contribution in [0.2, 0.25) is 0 Å². The van der Waals surface area contributed by atoms with Crippen LogP contribution in [0, 0.1) is 5.92 Å². The van der Waals surface area contributed by atoms with Crippen LogP contribution < -0.4 is 10.2 Å². The van der Waals surface area contributed by atoms with Gasteiger partial charge in [-0.1, -0.05) is 44.4 Å². The Bertz CT molecular complexity index is 603. The van der Waals surface area contributed by atoms with Gasteiger partial charge in [-0.3, -0.25) is 4.79 Å². The molecule has 26 heavy (non-hydrogen) atoms. The maximum Gasteiger partial charge on any atom is 0.247 e. The lowest BCUT2D eigenvalue weighted by Gasteiger charge is -2.46. The molecule has 142 valence electrons. The molecule has 2 aliphatic heterocycles. The highest BCUT2D eigenvalue weighted by Crippen LogP contribution is 2.42. The normalized spacial score (nSPS) is 27.0. The summed E-state index contributed by atoms with van der Waals surface area (Å²) in [4.78, 5) is 18.3. The molecule has 4 heteroatoms. The molecule has 2 saturated heterocycles. The summed E-state index contributed by atoms with van der Waals surface area (Å²) in [5, 5.41) is 3.45. The average molecular weight is 356 g/mol. The van der Waals surface area contributed by atoms with Crippen LogP contribution in [0.25, 0.3) is 0 Å². The molecule has 0 aromatic heterocycles. The number of anilines is 1. The van der Waals surface area contributed by atoms with E-state index in [1.54, 1.807) is 0 Å². The van der Waals surface area contributed by atoms with Gasteiger partial charge < -0.3 is 15.1 Å². The van der Waals surface area contributed by atoms with E-state index in [9.17, 15) is 4.79 Å². The van der Waals surface area contributed by atoms with Crippen molar-refractivity contribution in [3.05, 3.63) is 30.3 Å². The summed E-state index contributed by atoms with van der Waals surface area (Å²) in [5.41, 5.74) is 0.860. The average Bonchev–Trinajstić information content (AvgIpc) is 2.97. The summed E-state index contributed by atoms with van der Waals surface area (Å²) in [6.07, 6.45) is 9.68. The summed E-state index contributed by atoms with van der Waals surface area (Å²) in [5.74, 6) is 0.856. The van der Waals surface area contributed by atoms with Crippen molar-refractivity contribution >= 4 is 11.6 Å². The number of benzene rings is 1. The summed E-state index contributed by atoms with van der Waals surface area (Å²) < 4.78 is 0. The van der Waals surface area contributed by atoms with Gasteiger partial charge in [-0.25, -0.2) is 0 Å². The van der Waals surface area contributed by atoms with Crippen LogP contribution in [0.3, 0.4) is 0 Å².